The Hall–Kier alpha value is -3.11. The predicted molar refractivity (Wildman–Crippen MR) is 141 cm³/mol. The number of ether oxygens (including phenoxy) is 1. The fraction of sp³-hybridized carbons (Fsp3) is 0.367. The molecule has 34 heavy (non-hydrogen) atoms. The third-order valence-electron chi connectivity index (χ3n) is 7.17. The smallest absolute Gasteiger partial charge is 0.255 e. The van der Waals surface area contributed by atoms with Gasteiger partial charge >= 0.3 is 0 Å². The normalized spacial score (nSPS) is 14.8. The van der Waals surface area contributed by atoms with Gasteiger partial charge in [0.15, 0.2) is 0 Å². The molecule has 1 heterocycles. The van der Waals surface area contributed by atoms with Gasteiger partial charge in [-0.3, -0.25) is 4.79 Å². The molecule has 1 saturated heterocycles. The molecule has 1 amide bonds. The van der Waals surface area contributed by atoms with Crippen molar-refractivity contribution < 1.29 is 9.53 Å². The van der Waals surface area contributed by atoms with Gasteiger partial charge in [-0.05, 0) is 91.7 Å². The molecule has 0 spiro atoms. The molecule has 4 rings (SSSR count). The molecule has 1 aliphatic rings. The largest absolute Gasteiger partial charge is 0.496 e. The minimum Gasteiger partial charge on any atom is -0.496 e. The monoisotopic (exact) mass is 456 g/mol. The molecule has 178 valence electrons. The Morgan fingerprint density at radius 2 is 1.59 bits per heavy atom. The van der Waals surface area contributed by atoms with Crippen LogP contribution in [0.25, 0.3) is 11.1 Å². The van der Waals surface area contributed by atoms with Crippen molar-refractivity contribution in [1.29, 1.82) is 0 Å². The zero-order chi connectivity index (χ0) is 23.9. The maximum atomic E-state index is 12.9. The highest BCUT2D eigenvalue weighted by Gasteiger charge is 2.26. The Balaban J connectivity index is 1.45. The fourth-order valence-corrected chi connectivity index (χ4v) is 5.16. The second kappa shape index (κ2) is 11.3. The number of carbonyl (C=O) groups excluding carboxylic acids is 1. The number of methoxy groups -OCH3 is 1. The molecule has 1 aliphatic heterocycles. The van der Waals surface area contributed by atoms with E-state index in [0.717, 1.165) is 48.5 Å². The topological polar surface area (TPSA) is 41.6 Å². The predicted octanol–water partition coefficient (Wildman–Crippen LogP) is 6.98. The SMILES string of the molecule is CCC(CC)N1CCC(c2cc(NC(=O)c3ccc(-c4ccccc4)cc3)ccc2OC)CC1. The molecule has 1 N–H and O–H groups in total. The van der Waals surface area contributed by atoms with Crippen molar-refractivity contribution in [2.24, 2.45) is 0 Å². The Morgan fingerprint density at radius 1 is 0.941 bits per heavy atom. The summed E-state index contributed by atoms with van der Waals surface area (Å²) in [6.07, 6.45) is 4.65. The Bertz CT molecular complexity index is 1070. The first-order chi connectivity index (χ1) is 16.6. The highest BCUT2D eigenvalue weighted by atomic mass is 16.5. The van der Waals surface area contributed by atoms with E-state index in [2.05, 4.69) is 42.3 Å². The summed E-state index contributed by atoms with van der Waals surface area (Å²) in [5.74, 6) is 1.26. The van der Waals surface area contributed by atoms with Crippen LogP contribution in [0.4, 0.5) is 5.69 Å². The lowest BCUT2D eigenvalue weighted by Crippen LogP contribution is -2.40. The standard InChI is InChI=1S/C30H36N2O2/c1-4-27(5-2)32-19-17-24(18-20-32)28-21-26(15-16-29(28)34-3)31-30(33)25-13-11-23(12-14-25)22-9-7-6-8-10-22/h6-16,21,24,27H,4-5,17-20H2,1-3H3,(H,31,33). The zero-order valence-electron chi connectivity index (χ0n) is 20.6. The van der Waals surface area contributed by atoms with E-state index in [1.54, 1.807) is 7.11 Å². The van der Waals surface area contributed by atoms with Gasteiger partial charge in [-0.1, -0.05) is 56.3 Å². The van der Waals surface area contributed by atoms with Gasteiger partial charge < -0.3 is 15.0 Å². The van der Waals surface area contributed by atoms with Crippen LogP contribution in [0, 0.1) is 0 Å². The van der Waals surface area contributed by atoms with Crippen LogP contribution in [0.3, 0.4) is 0 Å². The molecule has 0 radical (unpaired) electrons. The number of amides is 1. The lowest BCUT2D eigenvalue weighted by Gasteiger charge is -2.37. The molecule has 0 aliphatic carbocycles. The molecule has 0 unspecified atom stereocenters. The summed E-state index contributed by atoms with van der Waals surface area (Å²) in [5.41, 5.74) is 4.91. The van der Waals surface area contributed by atoms with Crippen molar-refractivity contribution in [3.8, 4) is 16.9 Å². The van der Waals surface area contributed by atoms with Gasteiger partial charge in [0.05, 0.1) is 7.11 Å². The van der Waals surface area contributed by atoms with Crippen molar-refractivity contribution in [3.63, 3.8) is 0 Å². The van der Waals surface area contributed by atoms with E-state index in [1.165, 1.54) is 18.4 Å². The van der Waals surface area contributed by atoms with Crippen LogP contribution in [-0.2, 0) is 0 Å². The molecule has 4 nitrogen and oxygen atoms in total. The average molecular weight is 457 g/mol. The number of piperidine rings is 1. The van der Waals surface area contributed by atoms with Crippen molar-refractivity contribution in [2.75, 3.05) is 25.5 Å². The molecule has 0 saturated carbocycles. The van der Waals surface area contributed by atoms with Gasteiger partial charge in [0, 0.05) is 17.3 Å². The van der Waals surface area contributed by atoms with Crippen LogP contribution in [-0.4, -0.2) is 37.0 Å². The van der Waals surface area contributed by atoms with Gasteiger partial charge in [-0.15, -0.1) is 0 Å². The second-order valence-corrected chi connectivity index (χ2v) is 9.13. The summed E-state index contributed by atoms with van der Waals surface area (Å²) in [5, 5.41) is 3.09. The number of benzene rings is 3. The van der Waals surface area contributed by atoms with Crippen molar-refractivity contribution in [3.05, 3.63) is 83.9 Å². The minimum atomic E-state index is -0.0979. The first-order valence-electron chi connectivity index (χ1n) is 12.5. The molecule has 0 aromatic heterocycles. The first kappa shape index (κ1) is 24.0. The van der Waals surface area contributed by atoms with E-state index < -0.39 is 0 Å². The first-order valence-corrected chi connectivity index (χ1v) is 12.5. The highest BCUT2D eigenvalue weighted by molar-refractivity contribution is 6.04. The number of anilines is 1. The van der Waals surface area contributed by atoms with E-state index >= 15 is 0 Å². The van der Waals surface area contributed by atoms with E-state index in [-0.39, 0.29) is 5.91 Å². The third kappa shape index (κ3) is 5.51. The number of nitrogens with one attached hydrogen (secondary N) is 1. The van der Waals surface area contributed by atoms with Crippen LogP contribution in [0.5, 0.6) is 5.75 Å². The molecular formula is C30H36N2O2. The van der Waals surface area contributed by atoms with Gasteiger partial charge in [0.1, 0.15) is 5.75 Å². The fourth-order valence-electron chi connectivity index (χ4n) is 5.16. The number of rotatable bonds is 8. The Labute approximate surface area is 204 Å². The third-order valence-corrected chi connectivity index (χ3v) is 7.17. The quantitative estimate of drug-likeness (QED) is 0.397. The van der Waals surface area contributed by atoms with Gasteiger partial charge in [0.25, 0.3) is 5.91 Å². The highest BCUT2D eigenvalue weighted by Crippen LogP contribution is 2.37. The van der Waals surface area contributed by atoms with Crippen LogP contribution < -0.4 is 10.1 Å². The summed E-state index contributed by atoms with van der Waals surface area (Å²) < 4.78 is 5.69. The van der Waals surface area contributed by atoms with Gasteiger partial charge in [-0.2, -0.15) is 0 Å². The molecule has 3 aromatic carbocycles. The van der Waals surface area contributed by atoms with Crippen molar-refractivity contribution in [2.45, 2.75) is 51.5 Å². The summed E-state index contributed by atoms with van der Waals surface area (Å²) in [7, 11) is 1.73. The summed E-state index contributed by atoms with van der Waals surface area (Å²) in [6, 6.07) is 24.7. The number of hydrogen-bond donors (Lipinski definition) is 1. The number of hydrogen-bond acceptors (Lipinski definition) is 3. The molecule has 4 heteroatoms. The second-order valence-electron chi connectivity index (χ2n) is 9.13. The summed E-state index contributed by atoms with van der Waals surface area (Å²) in [4.78, 5) is 15.6. The van der Waals surface area contributed by atoms with Crippen LogP contribution >= 0.6 is 0 Å². The molecule has 0 bridgehead atoms. The maximum absolute atomic E-state index is 12.9. The molecule has 0 atom stereocenters. The van der Waals surface area contributed by atoms with Crippen molar-refractivity contribution in [1.82, 2.24) is 4.90 Å². The van der Waals surface area contributed by atoms with Crippen LogP contribution in [0.2, 0.25) is 0 Å². The Kier molecular flexibility index (Phi) is 8.02. The zero-order valence-corrected chi connectivity index (χ0v) is 20.6. The van der Waals surface area contributed by atoms with Gasteiger partial charge in [-0.25, -0.2) is 0 Å². The van der Waals surface area contributed by atoms with Crippen LogP contribution in [0.1, 0.15) is 61.4 Å². The van der Waals surface area contributed by atoms with E-state index in [0.29, 0.717) is 17.5 Å². The van der Waals surface area contributed by atoms with E-state index in [1.807, 2.05) is 54.6 Å². The summed E-state index contributed by atoms with van der Waals surface area (Å²) in [6.45, 7) is 6.80. The molecular weight excluding hydrogens is 420 g/mol. The lowest BCUT2D eigenvalue weighted by molar-refractivity contribution is 0.102. The van der Waals surface area contributed by atoms with E-state index in [4.69, 9.17) is 4.74 Å². The molecule has 1 fully saturated rings. The summed E-state index contributed by atoms with van der Waals surface area (Å²) >= 11 is 0. The molecule has 3 aromatic rings. The maximum Gasteiger partial charge on any atom is 0.255 e. The number of likely N-dealkylation sites (tertiary alicyclic amines) is 1. The van der Waals surface area contributed by atoms with Crippen molar-refractivity contribution >= 4 is 11.6 Å². The Morgan fingerprint density at radius 3 is 2.21 bits per heavy atom. The van der Waals surface area contributed by atoms with Gasteiger partial charge in [0.2, 0.25) is 0 Å². The number of carbonyl (C=O) groups is 1. The number of nitrogens with zero attached hydrogens (tertiary/aromatic N) is 1. The van der Waals surface area contributed by atoms with Crippen LogP contribution in [0.15, 0.2) is 72.8 Å². The van der Waals surface area contributed by atoms with E-state index in [9.17, 15) is 4.79 Å². The minimum absolute atomic E-state index is 0.0979. The average Bonchev–Trinajstić information content (AvgIpc) is 2.90. The lowest BCUT2D eigenvalue weighted by atomic mass is 9.87.